The van der Waals surface area contributed by atoms with Gasteiger partial charge >= 0.3 is 11.9 Å². The monoisotopic (exact) mass is 926 g/mol. The molecule has 6 N–H and O–H groups in total. The first-order valence-corrected chi connectivity index (χ1v) is 24.3. The zero-order valence-corrected chi connectivity index (χ0v) is 39.9. The second kappa shape index (κ2) is 20.9. The molecule has 0 spiro atoms. The van der Waals surface area contributed by atoms with Crippen LogP contribution in [0.5, 0.6) is 0 Å². The Kier molecular flexibility index (Phi) is 15.2. The molecule has 3 aromatic rings. The van der Waals surface area contributed by atoms with E-state index in [0.717, 1.165) is 60.5 Å². The Hall–Kier alpha value is -5.71. The quantitative estimate of drug-likeness (QED) is 0.0914. The Bertz CT molecular complexity index is 2160. The average Bonchev–Trinajstić information content (AvgIpc) is 4.14. The molecule has 356 valence electrons. The van der Waals surface area contributed by atoms with Crippen molar-refractivity contribution < 1.29 is 38.2 Å². The number of anilines is 5. The van der Waals surface area contributed by atoms with E-state index >= 15 is 0 Å². The normalized spacial score (nSPS) is 21.4. The lowest BCUT2D eigenvalue weighted by molar-refractivity contribution is -0.149. The number of nitrogens with one attached hydrogen (secondary N) is 2. The number of nitrogens with zero attached hydrogens (tertiary/aromatic N) is 4. The van der Waals surface area contributed by atoms with E-state index in [1.165, 1.54) is 19.1 Å². The summed E-state index contributed by atoms with van der Waals surface area (Å²) in [6.45, 7) is 8.41. The predicted octanol–water partition coefficient (Wildman–Crippen LogP) is 6.80. The van der Waals surface area contributed by atoms with Gasteiger partial charge in [-0.15, -0.1) is 11.3 Å². The summed E-state index contributed by atoms with van der Waals surface area (Å²) in [6.07, 6.45) is 8.02. The lowest BCUT2D eigenvalue weighted by atomic mass is 9.90. The van der Waals surface area contributed by atoms with Crippen molar-refractivity contribution in [1.82, 2.24) is 14.8 Å². The first-order valence-electron chi connectivity index (χ1n) is 23.5. The SMILES string of the molecule is COC(=O)C[C@H](C(=O)N1CCCC1C(=O)Nc1ccc([C@H]2CC[C@H](c3ccc(NC(=O)[C@@H]4CCCN4C(=O)[C@@H](CC(=O)OC)C(C)C)c(N)c3)N2c2nc3c(s2)CCCC3)cc1N)C(C)C. The van der Waals surface area contributed by atoms with Crippen molar-refractivity contribution in [3.05, 3.63) is 58.1 Å². The molecular formula is C49H66N8O8S. The van der Waals surface area contributed by atoms with Gasteiger partial charge < -0.3 is 46.3 Å². The number of nitrogen functional groups attached to an aromatic ring is 2. The number of thiazole rings is 1. The summed E-state index contributed by atoms with van der Waals surface area (Å²) >= 11 is 1.73. The highest BCUT2D eigenvalue weighted by Gasteiger charge is 2.42. The molecule has 1 aromatic heterocycles. The van der Waals surface area contributed by atoms with E-state index in [0.29, 0.717) is 61.5 Å². The maximum atomic E-state index is 13.8. The molecular weight excluding hydrogens is 861 g/mol. The van der Waals surface area contributed by atoms with Gasteiger partial charge in [0.15, 0.2) is 5.13 Å². The number of nitrogens with two attached hydrogens (primary N) is 2. The van der Waals surface area contributed by atoms with Gasteiger partial charge in [0, 0.05) is 18.0 Å². The summed E-state index contributed by atoms with van der Waals surface area (Å²) in [5, 5.41) is 6.93. The van der Waals surface area contributed by atoms with E-state index in [9.17, 15) is 28.8 Å². The van der Waals surface area contributed by atoms with Gasteiger partial charge in [0.1, 0.15) is 12.1 Å². The molecule has 3 fully saturated rings. The van der Waals surface area contributed by atoms with Crippen molar-refractivity contribution >= 4 is 74.8 Å². The number of carbonyl (C=O) groups is 6. The van der Waals surface area contributed by atoms with Crippen molar-refractivity contribution in [2.75, 3.05) is 54.3 Å². The summed E-state index contributed by atoms with van der Waals surface area (Å²) < 4.78 is 9.71. The number of hydrogen-bond acceptors (Lipinski definition) is 13. The Morgan fingerprint density at radius 1 is 0.682 bits per heavy atom. The highest BCUT2D eigenvalue weighted by Crippen LogP contribution is 2.50. The fraction of sp³-hybridized carbons (Fsp3) is 0.571. The van der Waals surface area contributed by atoms with Gasteiger partial charge in [-0.2, -0.15) is 0 Å². The summed E-state index contributed by atoms with van der Waals surface area (Å²) in [5.74, 6) is -3.43. The van der Waals surface area contributed by atoms with Crippen LogP contribution in [0, 0.1) is 23.7 Å². The summed E-state index contributed by atoms with van der Waals surface area (Å²) in [7, 11) is 2.61. The van der Waals surface area contributed by atoms with Crippen LogP contribution in [-0.2, 0) is 51.1 Å². The second-order valence-electron chi connectivity index (χ2n) is 18.9. The number of methoxy groups -OCH3 is 2. The molecule has 0 bridgehead atoms. The lowest BCUT2D eigenvalue weighted by Gasteiger charge is -2.32. The fourth-order valence-electron chi connectivity index (χ4n) is 10.2. The molecule has 16 nitrogen and oxygen atoms in total. The molecule has 1 unspecified atom stereocenters. The van der Waals surface area contributed by atoms with Crippen LogP contribution < -0.4 is 27.0 Å². The molecule has 4 aliphatic rings. The number of aromatic nitrogens is 1. The van der Waals surface area contributed by atoms with E-state index in [4.69, 9.17) is 25.9 Å². The minimum absolute atomic E-state index is 0.0446. The van der Waals surface area contributed by atoms with E-state index in [1.807, 2.05) is 64.1 Å². The molecule has 6 atom stereocenters. The largest absolute Gasteiger partial charge is 0.469 e. The Morgan fingerprint density at radius 2 is 1.14 bits per heavy atom. The van der Waals surface area contributed by atoms with Gasteiger partial charge in [-0.05, 0) is 111 Å². The number of rotatable bonds is 15. The molecule has 17 heteroatoms. The minimum atomic E-state index is -0.687. The van der Waals surface area contributed by atoms with Crippen LogP contribution in [0.25, 0.3) is 0 Å². The molecule has 4 amide bonds. The predicted molar refractivity (Wildman–Crippen MR) is 254 cm³/mol. The summed E-state index contributed by atoms with van der Waals surface area (Å²) in [5.41, 5.74) is 18.3. The second-order valence-corrected chi connectivity index (χ2v) is 20.0. The maximum absolute atomic E-state index is 13.8. The number of carbonyl (C=O) groups excluding carboxylic acids is 6. The van der Waals surface area contributed by atoms with Gasteiger partial charge in [-0.1, -0.05) is 39.8 Å². The molecule has 2 aromatic carbocycles. The standard InChI is InChI=1S/C49H66N8O8S/c1-27(2)31(25-43(58)64-5)47(62)55-21-9-12-40(55)45(60)52-35-17-15-29(23-33(35)50)38-19-20-39(57(38)49-54-37-11-7-8-14-42(37)66-49)30-16-18-36(34(51)24-30)53-46(61)41-13-10-22-56(41)48(63)32(28(3)4)26-44(59)65-6/h15-18,23-24,27-28,31-32,38-41H,7-14,19-22,25-26,50-51H2,1-6H3,(H,52,60)(H,53,61)/t31-,32-,38+,39+,40-,41?/m0/s1. The van der Waals surface area contributed by atoms with Crippen LogP contribution in [0.1, 0.15) is 126 Å². The molecule has 66 heavy (non-hydrogen) atoms. The van der Waals surface area contributed by atoms with Gasteiger partial charge in [0.25, 0.3) is 0 Å². The number of aryl methyl sites for hydroxylation is 2. The summed E-state index contributed by atoms with van der Waals surface area (Å²) in [4.78, 5) is 91.4. The highest BCUT2D eigenvalue weighted by atomic mass is 32.1. The number of amides is 4. The van der Waals surface area contributed by atoms with E-state index in [2.05, 4.69) is 15.5 Å². The smallest absolute Gasteiger partial charge is 0.306 e. The summed E-state index contributed by atoms with van der Waals surface area (Å²) in [6, 6.07) is 9.89. The molecule has 0 radical (unpaired) electrons. The minimum Gasteiger partial charge on any atom is -0.469 e. The first-order chi connectivity index (χ1) is 31.6. The average molecular weight is 927 g/mol. The lowest BCUT2D eigenvalue weighted by Crippen LogP contribution is -2.47. The van der Waals surface area contributed by atoms with Crippen LogP contribution in [0.4, 0.5) is 27.9 Å². The number of hydrogen-bond donors (Lipinski definition) is 4. The van der Waals surface area contributed by atoms with E-state index in [1.54, 1.807) is 21.1 Å². The highest BCUT2D eigenvalue weighted by molar-refractivity contribution is 7.15. The number of benzene rings is 2. The van der Waals surface area contributed by atoms with Gasteiger partial charge in [0.05, 0.1) is 79.4 Å². The van der Waals surface area contributed by atoms with Crippen LogP contribution in [0.15, 0.2) is 36.4 Å². The maximum Gasteiger partial charge on any atom is 0.306 e. The molecule has 1 aliphatic carbocycles. The molecule has 3 saturated heterocycles. The van der Waals surface area contributed by atoms with Gasteiger partial charge in [-0.25, -0.2) is 4.98 Å². The third-order valence-electron chi connectivity index (χ3n) is 14.0. The number of likely N-dealkylation sites (tertiary alicyclic amines) is 2. The third kappa shape index (κ3) is 10.3. The molecule has 7 rings (SSSR count). The van der Waals surface area contributed by atoms with Crippen molar-refractivity contribution in [2.45, 2.75) is 129 Å². The Morgan fingerprint density at radius 3 is 1.55 bits per heavy atom. The first kappa shape index (κ1) is 48.2. The van der Waals surface area contributed by atoms with Crippen molar-refractivity contribution in [3.8, 4) is 0 Å². The van der Waals surface area contributed by atoms with Crippen LogP contribution in [0.3, 0.4) is 0 Å². The fourth-order valence-corrected chi connectivity index (χ4v) is 11.4. The third-order valence-corrected chi connectivity index (χ3v) is 15.2. The molecule has 0 saturated carbocycles. The zero-order valence-electron chi connectivity index (χ0n) is 39.1. The molecule has 4 heterocycles. The van der Waals surface area contributed by atoms with E-state index < -0.39 is 35.9 Å². The van der Waals surface area contributed by atoms with Gasteiger partial charge in [0.2, 0.25) is 23.6 Å². The van der Waals surface area contributed by atoms with Crippen LogP contribution in [-0.4, -0.2) is 89.7 Å². The van der Waals surface area contributed by atoms with Crippen molar-refractivity contribution in [1.29, 1.82) is 0 Å². The van der Waals surface area contributed by atoms with Crippen molar-refractivity contribution in [2.24, 2.45) is 23.7 Å². The number of esters is 2. The molecule has 3 aliphatic heterocycles. The van der Waals surface area contributed by atoms with Gasteiger partial charge in [-0.3, -0.25) is 28.8 Å². The topological polar surface area (TPSA) is 220 Å². The van der Waals surface area contributed by atoms with E-state index in [-0.39, 0.29) is 60.4 Å². The van der Waals surface area contributed by atoms with Crippen molar-refractivity contribution in [3.63, 3.8) is 0 Å². The Labute approximate surface area is 391 Å². The van der Waals surface area contributed by atoms with Crippen LogP contribution in [0.2, 0.25) is 0 Å². The zero-order chi connectivity index (χ0) is 47.4. The number of ether oxygens (including phenoxy) is 2. The Balaban J connectivity index is 1.08. The number of fused-ring (bicyclic) bond motifs is 1. The van der Waals surface area contributed by atoms with Crippen LogP contribution >= 0.6 is 11.3 Å².